The van der Waals surface area contributed by atoms with Crippen molar-refractivity contribution in [3.8, 4) is 0 Å². The Morgan fingerprint density at radius 3 is 2.69 bits per heavy atom. The Bertz CT molecular complexity index is 505. The van der Waals surface area contributed by atoms with E-state index in [1.54, 1.807) is 6.92 Å². The molecule has 2 heteroatoms. The van der Waals surface area contributed by atoms with Gasteiger partial charge in [0, 0.05) is 5.92 Å². The Morgan fingerprint density at radius 1 is 1.25 bits per heavy atom. The third-order valence-electron chi connectivity index (χ3n) is 2.82. The molecule has 0 aliphatic rings. The van der Waals surface area contributed by atoms with Crippen LogP contribution in [0.4, 0.5) is 0 Å². The van der Waals surface area contributed by atoms with Gasteiger partial charge in [-0.15, -0.1) is 16.8 Å². The first-order valence-corrected chi connectivity index (χ1v) is 5.08. The van der Waals surface area contributed by atoms with Gasteiger partial charge in [0.05, 0.1) is 0 Å². The van der Waals surface area contributed by atoms with Crippen LogP contribution in [0.5, 0.6) is 0 Å². The summed E-state index contributed by atoms with van der Waals surface area (Å²) in [5.74, 6) is 0.190. The summed E-state index contributed by atoms with van der Waals surface area (Å²) in [7, 11) is 0. The van der Waals surface area contributed by atoms with E-state index >= 15 is 0 Å². The molecule has 0 bridgehead atoms. The van der Waals surface area contributed by atoms with Gasteiger partial charge in [-0.25, -0.2) is 0 Å². The molecular weight excluding hydrogens is 287 g/mol. The number of carbonyl (C=O) groups is 1. The van der Waals surface area contributed by atoms with Crippen LogP contribution in [0.25, 0.3) is 10.8 Å². The molecule has 83 valence electrons. The number of Topliss-reactive ketones (excluding diaryl/α,β-unsaturated/α-hetero) is 1. The molecule has 0 aromatic heterocycles. The Kier molecular flexibility index (Phi) is 4.38. The summed E-state index contributed by atoms with van der Waals surface area (Å²) in [5.41, 5.74) is 1.08. The van der Waals surface area contributed by atoms with Crippen LogP contribution >= 0.6 is 0 Å². The van der Waals surface area contributed by atoms with Crippen molar-refractivity contribution < 1.29 is 24.3 Å². The molecule has 16 heavy (non-hydrogen) atoms. The van der Waals surface area contributed by atoms with Crippen LogP contribution in [0.3, 0.4) is 0 Å². The van der Waals surface area contributed by atoms with Gasteiger partial charge in [-0.05, 0) is 12.5 Å². The van der Waals surface area contributed by atoms with Gasteiger partial charge in [-0.3, -0.25) is 4.79 Å². The fourth-order valence-electron chi connectivity index (χ4n) is 1.65. The van der Waals surface area contributed by atoms with Gasteiger partial charge in [0.1, 0.15) is 5.78 Å². The molecule has 0 aliphatic heterocycles. The standard InChI is InChI=1S/C14H13O.Rh/c1-10(11(2)15)13-8-7-12-5-3-4-6-14(12)9-13;/h4-10H,1-2H3;/q-1;+2. The Labute approximate surface area is 109 Å². The number of ketones is 1. The van der Waals surface area contributed by atoms with Crippen molar-refractivity contribution in [1.82, 2.24) is 0 Å². The number of hydrogen-bond acceptors (Lipinski definition) is 1. The first-order chi connectivity index (χ1) is 7.18. The summed E-state index contributed by atoms with van der Waals surface area (Å²) in [6, 6.07) is 15.0. The van der Waals surface area contributed by atoms with E-state index in [0.29, 0.717) is 0 Å². The predicted octanol–water partition coefficient (Wildman–Crippen LogP) is 3.33. The maximum absolute atomic E-state index is 11.3. The summed E-state index contributed by atoms with van der Waals surface area (Å²) in [6.45, 7) is 3.58. The van der Waals surface area contributed by atoms with Crippen molar-refractivity contribution in [2.24, 2.45) is 0 Å². The third-order valence-corrected chi connectivity index (χ3v) is 2.82. The molecule has 1 radical (unpaired) electrons. The molecule has 2 aromatic carbocycles. The van der Waals surface area contributed by atoms with Crippen molar-refractivity contribution >= 4 is 16.6 Å². The number of benzene rings is 2. The molecule has 2 rings (SSSR count). The van der Waals surface area contributed by atoms with Crippen molar-refractivity contribution in [3.05, 3.63) is 48.0 Å². The number of fused-ring (bicyclic) bond motifs is 1. The summed E-state index contributed by atoms with van der Waals surface area (Å²) >= 11 is 0. The third kappa shape index (κ3) is 2.57. The van der Waals surface area contributed by atoms with Crippen LogP contribution in [0, 0.1) is 6.07 Å². The maximum atomic E-state index is 11.3. The van der Waals surface area contributed by atoms with Crippen molar-refractivity contribution in [2.75, 3.05) is 0 Å². The number of carbonyl (C=O) groups excluding carboxylic acids is 1. The minimum Gasteiger partial charge on any atom is -0.299 e. The van der Waals surface area contributed by atoms with Gasteiger partial charge in [0.25, 0.3) is 0 Å². The van der Waals surface area contributed by atoms with Crippen LogP contribution in [0.15, 0.2) is 36.4 Å². The van der Waals surface area contributed by atoms with E-state index in [-0.39, 0.29) is 31.2 Å². The summed E-state index contributed by atoms with van der Waals surface area (Å²) in [5, 5.41) is 2.33. The zero-order chi connectivity index (χ0) is 10.8. The fraction of sp³-hybridized carbons (Fsp3) is 0.214. The second-order valence-electron chi connectivity index (χ2n) is 3.87. The molecule has 0 fully saturated rings. The van der Waals surface area contributed by atoms with Gasteiger partial charge in [0.2, 0.25) is 0 Å². The van der Waals surface area contributed by atoms with Crippen LogP contribution in [0.2, 0.25) is 0 Å². The normalized spacial score (nSPS) is 11.9. The van der Waals surface area contributed by atoms with E-state index in [4.69, 9.17) is 0 Å². The molecule has 1 nitrogen and oxygen atoms in total. The Balaban J connectivity index is 0.00000128. The van der Waals surface area contributed by atoms with Gasteiger partial charge >= 0.3 is 19.5 Å². The Hall–Kier alpha value is -1.01. The number of hydrogen-bond donors (Lipinski definition) is 0. The van der Waals surface area contributed by atoms with Crippen LogP contribution < -0.4 is 0 Å². The van der Waals surface area contributed by atoms with E-state index < -0.39 is 0 Å². The fourth-order valence-corrected chi connectivity index (χ4v) is 1.65. The summed E-state index contributed by atoms with van der Waals surface area (Å²) < 4.78 is 0. The van der Waals surface area contributed by atoms with Crippen molar-refractivity contribution in [3.63, 3.8) is 0 Å². The first kappa shape index (κ1) is 13.1. The molecule has 0 spiro atoms. The molecule has 0 saturated carbocycles. The largest absolute Gasteiger partial charge is 2.00 e. The maximum Gasteiger partial charge on any atom is 2.00 e. The summed E-state index contributed by atoms with van der Waals surface area (Å²) in [6.07, 6.45) is 0. The molecule has 2 aromatic rings. The van der Waals surface area contributed by atoms with Crippen molar-refractivity contribution in [1.29, 1.82) is 0 Å². The SMILES string of the molecule is CC(=O)C(C)c1ccc2c[c-]ccc2c1.[Rh+2]. The second kappa shape index (κ2) is 5.36. The zero-order valence-corrected chi connectivity index (χ0v) is 10.9. The first-order valence-electron chi connectivity index (χ1n) is 5.08. The predicted molar refractivity (Wildman–Crippen MR) is 61.9 cm³/mol. The van der Waals surface area contributed by atoms with E-state index in [0.717, 1.165) is 10.9 Å². The van der Waals surface area contributed by atoms with Gasteiger partial charge in [-0.1, -0.05) is 19.1 Å². The minimum atomic E-state index is -0.0152. The van der Waals surface area contributed by atoms with Crippen molar-refractivity contribution in [2.45, 2.75) is 19.8 Å². The van der Waals surface area contributed by atoms with E-state index in [9.17, 15) is 4.79 Å². The Morgan fingerprint density at radius 2 is 2.00 bits per heavy atom. The van der Waals surface area contributed by atoms with Crippen LogP contribution in [0.1, 0.15) is 25.3 Å². The molecule has 0 amide bonds. The van der Waals surface area contributed by atoms with Crippen LogP contribution in [-0.4, -0.2) is 5.78 Å². The van der Waals surface area contributed by atoms with E-state index in [1.807, 2.05) is 37.3 Å². The summed E-state index contributed by atoms with van der Waals surface area (Å²) in [4.78, 5) is 11.3. The minimum absolute atomic E-state index is 0. The molecule has 0 heterocycles. The average molecular weight is 300 g/mol. The topological polar surface area (TPSA) is 17.1 Å². The second-order valence-corrected chi connectivity index (χ2v) is 3.87. The van der Waals surface area contributed by atoms with Gasteiger partial charge in [0.15, 0.2) is 0 Å². The van der Waals surface area contributed by atoms with E-state index in [1.165, 1.54) is 5.39 Å². The number of rotatable bonds is 2. The van der Waals surface area contributed by atoms with E-state index in [2.05, 4.69) is 12.1 Å². The van der Waals surface area contributed by atoms with Gasteiger partial charge in [-0.2, -0.15) is 24.3 Å². The quantitative estimate of drug-likeness (QED) is 0.614. The average Bonchev–Trinajstić information content (AvgIpc) is 2.27. The monoisotopic (exact) mass is 300 g/mol. The van der Waals surface area contributed by atoms with Gasteiger partial charge < -0.3 is 0 Å². The smallest absolute Gasteiger partial charge is 0.299 e. The molecule has 0 saturated heterocycles. The zero-order valence-electron chi connectivity index (χ0n) is 9.28. The van der Waals surface area contributed by atoms with Crippen LogP contribution in [-0.2, 0) is 24.3 Å². The molecule has 0 aliphatic carbocycles. The molecular formula is C14H13ORh+. The molecule has 1 atom stereocenters. The molecule has 1 unspecified atom stereocenters. The molecule has 0 N–H and O–H groups in total.